The predicted octanol–water partition coefficient (Wildman–Crippen LogP) is 1.92. The predicted molar refractivity (Wildman–Crippen MR) is 85.1 cm³/mol. The molecule has 114 valence electrons. The minimum Gasteiger partial charge on any atom is -0.447 e. The van der Waals surface area contributed by atoms with E-state index in [2.05, 4.69) is 30.9 Å². The lowest BCUT2D eigenvalue weighted by molar-refractivity contribution is 0.0863. The van der Waals surface area contributed by atoms with E-state index in [1.807, 2.05) is 27.0 Å². The minimum atomic E-state index is -0.541. The molecule has 0 aromatic rings. The summed E-state index contributed by atoms with van der Waals surface area (Å²) in [5.41, 5.74) is 0. The van der Waals surface area contributed by atoms with Crippen molar-refractivity contribution in [2.75, 3.05) is 39.3 Å². The first-order chi connectivity index (χ1) is 9.45. The van der Waals surface area contributed by atoms with Crippen LogP contribution in [0.5, 0.6) is 0 Å². The van der Waals surface area contributed by atoms with Gasteiger partial charge in [-0.15, -0.1) is 0 Å². The van der Waals surface area contributed by atoms with Crippen molar-refractivity contribution in [2.24, 2.45) is 5.92 Å². The van der Waals surface area contributed by atoms with Gasteiger partial charge in [0.05, 0.1) is 6.04 Å². The third-order valence-corrected chi connectivity index (χ3v) is 4.59. The molecule has 1 aliphatic rings. The number of hydrogen-bond donors (Lipinski definition) is 0. The molecule has 0 aromatic heterocycles. The summed E-state index contributed by atoms with van der Waals surface area (Å²) in [5, 5.41) is 9.05. The number of halogens is 1. The molecule has 1 atom stereocenters. The molecule has 0 aliphatic carbocycles. The molecule has 0 spiro atoms. The van der Waals surface area contributed by atoms with E-state index >= 15 is 0 Å². The van der Waals surface area contributed by atoms with Crippen molar-refractivity contribution in [3.8, 4) is 6.19 Å². The minimum absolute atomic E-state index is 0.143. The molecule has 1 heterocycles. The van der Waals surface area contributed by atoms with E-state index in [0.29, 0.717) is 6.61 Å². The Labute approximate surface area is 135 Å². The highest BCUT2D eigenvalue weighted by molar-refractivity contribution is 14.1. The smallest absolute Gasteiger partial charge is 0.423 e. The molecule has 20 heavy (non-hydrogen) atoms. The molecule has 1 saturated heterocycles. The molecule has 6 nitrogen and oxygen atoms in total. The topological polar surface area (TPSA) is 59.8 Å². The van der Waals surface area contributed by atoms with Gasteiger partial charge in [0.1, 0.15) is 6.61 Å². The number of ether oxygens (including phenoxy) is 1. The van der Waals surface area contributed by atoms with Gasteiger partial charge in [-0.2, -0.15) is 5.26 Å². The van der Waals surface area contributed by atoms with Crippen molar-refractivity contribution in [1.29, 1.82) is 5.26 Å². The standard InChI is InChI=1S/C13H23IN4O2/c1-11(2)12(3)18(10-15)13(19)20-9-8-16-4-6-17(14)7-5-16/h11-12H,4-9H2,1-3H3/t12-/m1/s1. The Morgan fingerprint density at radius 2 is 1.95 bits per heavy atom. The van der Waals surface area contributed by atoms with E-state index in [-0.39, 0.29) is 12.0 Å². The van der Waals surface area contributed by atoms with Gasteiger partial charge in [0.25, 0.3) is 0 Å². The average Bonchev–Trinajstić information content (AvgIpc) is 2.41. The average molecular weight is 394 g/mol. The summed E-state index contributed by atoms with van der Waals surface area (Å²) in [6.45, 7) is 10.9. The largest absolute Gasteiger partial charge is 0.447 e. The van der Waals surface area contributed by atoms with Gasteiger partial charge in [-0.25, -0.2) is 12.8 Å². The van der Waals surface area contributed by atoms with Crippen molar-refractivity contribution in [3.05, 3.63) is 0 Å². The summed E-state index contributed by atoms with van der Waals surface area (Å²) in [7, 11) is 0. The van der Waals surface area contributed by atoms with Crippen molar-refractivity contribution < 1.29 is 9.53 Å². The van der Waals surface area contributed by atoms with Gasteiger partial charge in [0.2, 0.25) is 0 Å². The molecule has 1 aliphatic heterocycles. The normalized spacial score (nSPS) is 18.6. The molecule has 0 unspecified atom stereocenters. The van der Waals surface area contributed by atoms with Gasteiger partial charge in [-0.05, 0) is 12.8 Å². The van der Waals surface area contributed by atoms with Crippen LogP contribution in [0.15, 0.2) is 0 Å². The lowest BCUT2D eigenvalue weighted by Gasteiger charge is -2.31. The van der Waals surface area contributed by atoms with Crippen LogP contribution in [0, 0.1) is 17.4 Å². The zero-order valence-electron chi connectivity index (χ0n) is 12.4. The third-order valence-electron chi connectivity index (χ3n) is 3.63. The molecular weight excluding hydrogens is 371 g/mol. The Bertz CT molecular complexity index is 351. The second-order valence-corrected chi connectivity index (χ2v) is 6.69. The SMILES string of the molecule is CC(C)[C@@H](C)N(C#N)C(=O)OCCN1CCN(I)CC1. The van der Waals surface area contributed by atoms with Crippen LogP contribution in [-0.2, 0) is 4.74 Å². The number of hydrogen-bond acceptors (Lipinski definition) is 5. The molecule has 1 amide bonds. The number of rotatable bonds is 5. The highest BCUT2D eigenvalue weighted by Crippen LogP contribution is 2.11. The van der Waals surface area contributed by atoms with Gasteiger partial charge < -0.3 is 4.74 Å². The van der Waals surface area contributed by atoms with Gasteiger partial charge in [0, 0.05) is 55.6 Å². The lowest BCUT2D eigenvalue weighted by atomic mass is 10.1. The van der Waals surface area contributed by atoms with Crippen LogP contribution in [0.3, 0.4) is 0 Å². The molecule has 0 aromatic carbocycles. The summed E-state index contributed by atoms with van der Waals surface area (Å²) < 4.78 is 7.46. The quantitative estimate of drug-likeness (QED) is 0.309. The number of nitriles is 1. The summed E-state index contributed by atoms with van der Waals surface area (Å²) in [4.78, 5) is 15.3. The lowest BCUT2D eigenvalue weighted by Crippen LogP contribution is -2.44. The van der Waals surface area contributed by atoms with Gasteiger partial charge in [-0.1, -0.05) is 13.8 Å². The summed E-state index contributed by atoms with van der Waals surface area (Å²) in [5.74, 6) is 0.221. The van der Waals surface area contributed by atoms with E-state index in [1.165, 1.54) is 0 Å². The first-order valence-corrected chi connectivity index (χ1v) is 7.91. The second kappa shape index (κ2) is 8.64. The van der Waals surface area contributed by atoms with Crippen LogP contribution in [0.4, 0.5) is 4.79 Å². The fourth-order valence-corrected chi connectivity index (χ4v) is 2.31. The highest BCUT2D eigenvalue weighted by atomic mass is 127. The number of nitrogens with zero attached hydrogens (tertiary/aromatic N) is 4. The number of amides is 1. The fourth-order valence-electron chi connectivity index (χ4n) is 1.87. The Morgan fingerprint density at radius 1 is 1.35 bits per heavy atom. The number of carbonyl (C=O) groups excluding carboxylic acids is 1. The number of piperazine rings is 1. The second-order valence-electron chi connectivity index (χ2n) is 5.32. The Hall–Kier alpha value is -0.590. The van der Waals surface area contributed by atoms with E-state index in [1.54, 1.807) is 0 Å². The number of carbonyl (C=O) groups is 1. The van der Waals surface area contributed by atoms with E-state index < -0.39 is 6.09 Å². The summed E-state index contributed by atoms with van der Waals surface area (Å²) in [6, 6.07) is -0.143. The van der Waals surface area contributed by atoms with Gasteiger partial charge in [-0.3, -0.25) is 4.90 Å². The van der Waals surface area contributed by atoms with Gasteiger partial charge in [0.15, 0.2) is 6.19 Å². The van der Waals surface area contributed by atoms with Crippen LogP contribution in [0.25, 0.3) is 0 Å². The van der Waals surface area contributed by atoms with Crippen molar-refractivity contribution in [3.63, 3.8) is 0 Å². The monoisotopic (exact) mass is 394 g/mol. The maximum atomic E-state index is 11.9. The molecule has 7 heteroatoms. The molecular formula is C13H23IN4O2. The van der Waals surface area contributed by atoms with Crippen molar-refractivity contribution in [2.45, 2.75) is 26.8 Å². The molecule has 0 N–H and O–H groups in total. The maximum absolute atomic E-state index is 11.9. The molecule has 0 bridgehead atoms. The van der Waals surface area contributed by atoms with Crippen molar-refractivity contribution in [1.82, 2.24) is 12.9 Å². The van der Waals surface area contributed by atoms with Crippen molar-refractivity contribution >= 4 is 29.0 Å². The zero-order valence-corrected chi connectivity index (χ0v) is 14.5. The maximum Gasteiger partial charge on any atom is 0.423 e. The summed E-state index contributed by atoms with van der Waals surface area (Å²) >= 11 is 2.32. The first-order valence-electron chi connectivity index (χ1n) is 6.94. The Balaban J connectivity index is 2.30. The Morgan fingerprint density at radius 3 is 2.45 bits per heavy atom. The summed E-state index contributed by atoms with van der Waals surface area (Å²) in [6.07, 6.45) is 1.37. The van der Waals surface area contributed by atoms with Crippen LogP contribution >= 0.6 is 22.9 Å². The van der Waals surface area contributed by atoms with Gasteiger partial charge >= 0.3 is 6.09 Å². The van der Waals surface area contributed by atoms with Crippen LogP contribution in [0.1, 0.15) is 20.8 Å². The third kappa shape index (κ3) is 5.42. The fraction of sp³-hybridized carbons (Fsp3) is 0.846. The molecule has 0 radical (unpaired) electrons. The zero-order chi connectivity index (χ0) is 15.1. The molecule has 1 fully saturated rings. The Kier molecular flexibility index (Phi) is 7.55. The first kappa shape index (κ1) is 17.5. The van der Waals surface area contributed by atoms with E-state index in [0.717, 1.165) is 37.6 Å². The van der Waals surface area contributed by atoms with E-state index in [4.69, 9.17) is 10.00 Å². The molecule has 1 rings (SSSR count). The van der Waals surface area contributed by atoms with Crippen LogP contribution < -0.4 is 0 Å². The van der Waals surface area contributed by atoms with Crippen LogP contribution in [-0.4, -0.2) is 64.4 Å². The van der Waals surface area contributed by atoms with Crippen LogP contribution in [0.2, 0.25) is 0 Å². The molecule has 0 saturated carbocycles. The highest BCUT2D eigenvalue weighted by Gasteiger charge is 2.24. The van der Waals surface area contributed by atoms with E-state index in [9.17, 15) is 4.79 Å².